The smallest absolute Gasteiger partial charge is 0.287 e. The van der Waals surface area contributed by atoms with E-state index in [4.69, 9.17) is 21.1 Å². The zero-order chi connectivity index (χ0) is 15.5. The standard InChI is InChI=1S/C15H16ClN3O3/c1-19-15(20)13(16)11(9-18-19)17-8-10-4-2-5-12-14(10)22-7-3-6-21-12/h2,4-5,9,17H,3,6-8H2,1H3. The Hall–Kier alpha value is -2.21. The Labute approximate surface area is 132 Å². The molecule has 0 saturated heterocycles. The van der Waals surface area contributed by atoms with Crippen LogP contribution in [0.2, 0.25) is 5.02 Å². The molecule has 1 aromatic heterocycles. The summed E-state index contributed by atoms with van der Waals surface area (Å²) in [4.78, 5) is 11.8. The van der Waals surface area contributed by atoms with Crippen molar-refractivity contribution in [2.45, 2.75) is 13.0 Å². The third kappa shape index (κ3) is 2.87. The molecule has 0 spiro atoms. The van der Waals surface area contributed by atoms with E-state index in [0.29, 0.717) is 25.4 Å². The number of para-hydroxylation sites is 1. The fourth-order valence-corrected chi connectivity index (χ4v) is 2.46. The highest BCUT2D eigenvalue weighted by atomic mass is 35.5. The van der Waals surface area contributed by atoms with Crippen LogP contribution in [-0.2, 0) is 13.6 Å². The van der Waals surface area contributed by atoms with Gasteiger partial charge in [0.15, 0.2) is 11.5 Å². The molecule has 2 aromatic rings. The zero-order valence-corrected chi connectivity index (χ0v) is 12.9. The fraction of sp³-hybridized carbons (Fsp3) is 0.333. The molecule has 22 heavy (non-hydrogen) atoms. The number of rotatable bonds is 3. The van der Waals surface area contributed by atoms with Crippen LogP contribution >= 0.6 is 11.6 Å². The van der Waals surface area contributed by atoms with Gasteiger partial charge in [0.1, 0.15) is 5.02 Å². The maximum atomic E-state index is 11.8. The van der Waals surface area contributed by atoms with Gasteiger partial charge in [-0.3, -0.25) is 4.79 Å². The van der Waals surface area contributed by atoms with Gasteiger partial charge in [-0.05, 0) is 6.07 Å². The quantitative estimate of drug-likeness (QED) is 0.939. The highest BCUT2D eigenvalue weighted by molar-refractivity contribution is 6.32. The van der Waals surface area contributed by atoms with E-state index in [0.717, 1.165) is 23.5 Å². The van der Waals surface area contributed by atoms with Gasteiger partial charge in [0, 0.05) is 25.6 Å². The lowest BCUT2D eigenvalue weighted by Crippen LogP contribution is -2.21. The first-order valence-corrected chi connectivity index (χ1v) is 7.38. The molecule has 0 bridgehead atoms. The minimum absolute atomic E-state index is 0.122. The summed E-state index contributed by atoms with van der Waals surface area (Å²) in [5.41, 5.74) is 1.10. The van der Waals surface area contributed by atoms with Crippen molar-refractivity contribution in [3.63, 3.8) is 0 Å². The molecule has 1 N–H and O–H groups in total. The van der Waals surface area contributed by atoms with Gasteiger partial charge in [-0.25, -0.2) is 4.68 Å². The number of ether oxygens (including phenoxy) is 2. The molecule has 0 atom stereocenters. The van der Waals surface area contributed by atoms with Crippen LogP contribution < -0.4 is 20.3 Å². The van der Waals surface area contributed by atoms with Crippen molar-refractivity contribution in [1.29, 1.82) is 0 Å². The molecule has 7 heteroatoms. The number of nitrogens with one attached hydrogen (secondary N) is 1. The molecule has 2 heterocycles. The Morgan fingerprint density at radius 3 is 3.05 bits per heavy atom. The number of anilines is 1. The van der Waals surface area contributed by atoms with Gasteiger partial charge in [-0.2, -0.15) is 5.10 Å². The van der Waals surface area contributed by atoms with Crippen LogP contribution in [-0.4, -0.2) is 23.0 Å². The van der Waals surface area contributed by atoms with Gasteiger partial charge in [0.2, 0.25) is 0 Å². The molecule has 0 aliphatic carbocycles. The summed E-state index contributed by atoms with van der Waals surface area (Å²) in [6.07, 6.45) is 2.38. The lowest BCUT2D eigenvalue weighted by Gasteiger charge is -2.14. The topological polar surface area (TPSA) is 65.4 Å². The Kier molecular flexibility index (Phi) is 4.20. The number of benzene rings is 1. The van der Waals surface area contributed by atoms with Gasteiger partial charge >= 0.3 is 0 Å². The fourth-order valence-electron chi connectivity index (χ4n) is 2.22. The van der Waals surface area contributed by atoms with Crippen LogP contribution in [0.4, 0.5) is 5.69 Å². The third-order valence-electron chi connectivity index (χ3n) is 3.40. The van der Waals surface area contributed by atoms with Crippen molar-refractivity contribution in [3.8, 4) is 11.5 Å². The van der Waals surface area contributed by atoms with Gasteiger partial charge in [-0.1, -0.05) is 23.7 Å². The SMILES string of the molecule is Cn1ncc(NCc2cccc3c2OCCCO3)c(Cl)c1=O. The largest absolute Gasteiger partial charge is 0.490 e. The molecule has 0 unspecified atom stereocenters. The van der Waals surface area contributed by atoms with Crippen LogP contribution in [0.15, 0.2) is 29.2 Å². The summed E-state index contributed by atoms with van der Waals surface area (Å²) in [5.74, 6) is 1.48. The number of hydrogen-bond donors (Lipinski definition) is 1. The minimum atomic E-state index is -0.335. The van der Waals surface area contributed by atoms with Crippen LogP contribution in [0.1, 0.15) is 12.0 Å². The lowest BCUT2D eigenvalue weighted by atomic mass is 10.2. The second-order valence-corrected chi connectivity index (χ2v) is 5.33. The first-order chi connectivity index (χ1) is 10.7. The molecule has 3 rings (SSSR count). The molecule has 0 amide bonds. The second-order valence-electron chi connectivity index (χ2n) is 4.95. The van der Waals surface area contributed by atoms with E-state index in [-0.39, 0.29) is 10.6 Å². The highest BCUT2D eigenvalue weighted by Gasteiger charge is 2.15. The van der Waals surface area contributed by atoms with Crippen LogP contribution in [0.3, 0.4) is 0 Å². The molecule has 1 aliphatic rings. The summed E-state index contributed by atoms with van der Waals surface area (Å²) in [5, 5.41) is 7.20. The van der Waals surface area contributed by atoms with E-state index in [2.05, 4.69) is 10.4 Å². The van der Waals surface area contributed by atoms with E-state index in [9.17, 15) is 4.79 Å². The predicted molar refractivity (Wildman–Crippen MR) is 83.9 cm³/mol. The van der Waals surface area contributed by atoms with Crippen molar-refractivity contribution >= 4 is 17.3 Å². The Bertz CT molecular complexity index is 745. The normalized spacial score (nSPS) is 13.5. The summed E-state index contributed by atoms with van der Waals surface area (Å²) in [7, 11) is 1.56. The van der Waals surface area contributed by atoms with Crippen LogP contribution in [0, 0.1) is 0 Å². The number of aryl methyl sites for hydroxylation is 1. The van der Waals surface area contributed by atoms with Crippen LogP contribution in [0.25, 0.3) is 0 Å². The summed E-state index contributed by atoms with van der Waals surface area (Å²) >= 11 is 6.04. The number of fused-ring (bicyclic) bond motifs is 1. The van der Waals surface area contributed by atoms with Crippen molar-refractivity contribution < 1.29 is 9.47 Å². The molecular formula is C15H16ClN3O3. The van der Waals surface area contributed by atoms with Crippen LogP contribution in [0.5, 0.6) is 11.5 Å². The number of nitrogens with zero attached hydrogens (tertiary/aromatic N) is 2. The van der Waals surface area contributed by atoms with E-state index < -0.39 is 0 Å². The van der Waals surface area contributed by atoms with E-state index >= 15 is 0 Å². The average Bonchev–Trinajstić information content (AvgIpc) is 2.78. The third-order valence-corrected chi connectivity index (χ3v) is 3.77. The Balaban J connectivity index is 1.83. The number of hydrogen-bond acceptors (Lipinski definition) is 5. The maximum absolute atomic E-state index is 11.8. The first kappa shape index (κ1) is 14.7. The lowest BCUT2D eigenvalue weighted by molar-refractivity contribution is 0.296. The monoisotopic (exact) mass is 321 g/mol. The minimum Gasteiger partial charge on any atom is -0.490 e. The molecule has 6 nitrogen and oxygen atoms in total. The zero-order valence-electron chi connectivity index (χ0n) is 12.1. The van der Waals surface area contributed by atoms with Crippen molar-refractivity contribution in [2.24, 2.45) is 7.05 Å². The number of halogens is 1. The predicted octanol–water partition coefficient (Wildman–Crippen LogP) is 2.21. The molecular weight excluding hydrogens is 306 g/mol. The van der Waals surface area contributed by atoms with Gasteiger partial charge < -0.3 is 14.8 Å². The molecule has 116 valence electrons. The Morgan fingerprint density at radius 2 is 2.18 bits per heavy atom. The average molecular weight is 322 g/mol. The maximum Gasteiger partial charge on any atom is 0.287 e. The van der Waals surface area contributed by atoms with Gasteiger partial charge in [0.05, 0.1) is 25.1 Å². The van der Waals surface area contributed by atoms with Gasteiger partial charge in [0.25, 0.3) is 5.56 Å². The number of aromatic nitrogens is 2. The molecule has 0 fully saturated rings. The van der Waals surface area contributed by atoms with E-state index in [1.807, 2.05) is 18.2 Å². The van der Waals surface area contributed by atoms with E-state index in [1.54, 1.807) is 7.05 Å². The molecule has 0 saturated carbocycles. The second kappa shape index (κ2) is 6.27. The molecule has 0 radical (unpaired) electrons. The van der Waals surface area contributed by atoms with Crippen molar-refractivity contribution in [3.05, 3.63) is 45.3 Å². The molecule has 1 aromatic carbocycles. The van der Waals surface area contributed by atoms with Crippen molar-refractivity contribution in [1.82, 2.24) is 9.78 Å². The highest BCUT2D eigenvalue weighted by Crippen LogP contribution is 2.33. The molecule has 1 aliphatic heterocycles. The van der Waals surface area contributed by atoms with Crippen molar-refractivity contribution in [2.75, 3.05) is 18.5 Å². The summed E-state index contributed by atoms with van der Waals surface area (Å²) < 4.78 is 12.6. The van der Waals surface area contributed by atoms with E-state index in [1.165, 1.54) is 10.9 Å². The summed E-state index contributed by atoms with van der Waals surface area (Å²) in [6.45, 7) is 1.73. The van der Waals surface area contributed by atoms with Gasteiger partial charge in [-0.15, -0.1) is 0 Å². The summed E-state index contributed by atoms with van der Waals surface area (Å²) in [6, 6.07) is 5.74. The Morgan fingerprint density at radius 1 is 1.36 bits per heavy atom. The first-order valence-electron chi connectivity index (χ1n) is 7.00.